The first-order valence-corrected chi connectivity index (χ1v) is 7.85. The summed E-state index contributed by atoms with van der Waals surface area (Å²) >= 11 is 5.14. The molecule has 0 aliphatic rings. The highest BCUT2D eigenvalue weighted by atomic mass is 32.1. The summed E-state index contributed by atoms with van der Waals surface area (Å²) in [5.74, 6) is -1.29. The molecule has 132 valence electrons. The second kappa shape index (κ2) is 7.70. The lowest BCUT2D eigenvalue weighted by Gasteiger charge is -2.09. The Morgan fingerprint density at radius 1 is 1.31 bits per heavy atom. The number of para-hydroxylation sites is 1. The molecular weight excluding hydrogens is 359 g/mol. The highest BCUT2D eigenvalue weighted by Gasteiger charge is 2.12. The summed E-state index contributed by atoms with van der Waals surface area (Å²) in [4.78, 5) is 10.6. The van der Waals surface area contributed by atoms with Gasteiger partial charge in [-0.3, -0.25) is 0 Å². The summed E-state index contributed by atoms with van der Waals surface area (Å²) in [6.45, 7) is -0.587. The molecule has 0 radical (unpaired) electrons. The van der Waals surface area contributed by atoms with Crippen molar-refractivity contribution in [1.29, 1.82) is 0 Å². The van der Waals surface area contributed by atoms with Gasteiger partial charge in [-0.1, -0.05) is 24.3 Å². The molecule has 7 nitrogen and oxygen atoms in total. The number of hydrogen-bond donors (Lipinski definition) is 1. The molecule has 3 rings (SSSR count). The van der Waals surface area contributed by atoms with E-state index in [0.29, 0.717) is 11.3 Å². The van der Waals surface area contributed by atoms with Crippen LogP contribution in [0.5, 0.6) is 5.75 Å². The van der Waals surface area contributed by atoms with Gasteiger partial charge in [-0.15, -0.1) is 0 Å². The summed E-state index contributed by atoms with van der Waals surface area (Å²) in [6, 6.07) is 12.8. The van der Waals surface area contributed by atoms with Crippen molar-refractivity contribution in [2.24, 2.45) is 5.10 Å². The average Bonchev–Trinajstić information content (AvgIpc) is 2.99. The number of carbonyl (C=O) groups excluding carboxylic acids is 1. The van der Waals surface area contributed by atoms with Crippen LogP contribution in [0, 0.1) is 10.6 Å². The van der Waals surface area contributed by atoms with Crippen LogP contribution >= 0.6 is 12.2 Å². The number of aromatic amines is 1. The Morgan fingerprint density at radius 3 is 2.81 bits per heavy atom. The first-order chi connectivity index (χ1) is 12.6. The zero-order valence-corrected chi connectivity index (χ0v) is 14.1. The van der Waals surface area contributed by atoms with E-state index < -0.39 is 18.4 Å². The van der Waals surface area contributed by atoms with E-state index in [1.54, 1.807) is 42.5 Å². The molecule has 0 unspecified atom stereocenters. The molecule has 26 heavy (non-hydrogen) atoms. The predicted molar refractivity (Wildman–Crippen MR) is 92.7 cm³/mol. The first-order valence-electron chi connectivity index (χ1n) is 7.44. The van der Waals surface area contributed by atoms with Crippen molar-refractivity contribution in [2.45, 2.75) is 0 Å². The number of benzene rings is 2. The maximum Gasteiger partial charge on any atom is 0.216 e. The van der Waals surface area contributed by atoms with E-state index in [0.717, 1.165) is 0 Å². The van der Waals surface area contributed by atoms with Gasteiger partial charge in [0.2, 0.25) is 4.77 Å². The van der Waals surface area contributed by atoms with E-state index in [2.05, 4.69) is 15.3 Å². The monoisotopic (exact) mass is 371 g/mol. The number of nitrogens with one attached hydrogen (secondary N) is 1. The minimum Gasteiger partial charge on any atom is -0.546 e. The number of nitrogens with zero attached hydrogens (tertiary/aromatic N) is 3. The fourth-order valence-electron chi connectivity index (χ4n) is 2.19. The van der Waals surface area contributed by atoms with Gasteiger partial charge < -0.3 is 14.6 Å². The second-order valence-corrected chi connectivity index (χ2v) is 5.47. The standard InChI is InChI=1S/C17H13FN4O3S/c18-13-7-3-2-6-12(13)16-20-21-17(26)22(16)19-9-11-5-1-4-8-14(11)25-10-15(23)24/h1-9H,10H2,(H,21,26)(H,23,24)/p-1/b19-9+. The van der Waals surface area contributed by atoms with Gasteiger partial charge in [0.05, 0.1) is 17.7 Å². The normalized spacial score (nSPS) is 11.0. The fraction of sp³-hybridized carbons (Fsp3) is 0.0588. The smallest absolute Gasteiger partial charge is 0.216 e. The molecule has 0 fully saturated rings. The third-order valence-corrected chi connectivity index (χ3v) is 3.61. The fourth-order valence-corrected chi connectivity index (χ4v) is 2.37. The van der Waals surface area contributed by atoms with E-state index in [4.69, 9.17) is 17.0 Å². The molecule has 0 bridgehead atoms. The molecule has 0 spiro atoms. The summed E-state index contributed by atoms with van der Waals surface area (Å²) in [7, 11) is 0. The van der Waals surface area contributed by atoms with E-state index >= 15 is 0 Å². The molecule has 9 heteroatoms. The Bertz CT molecular complexity index is 1030. The van der Waals surface area contributed by atoms with Crippen LogP contribution in [0.15, 0.2) is 53.6 Å². The number of hydrogen-bond acceptors (Lipinski definition) is 6. The van der Waals surface area contributed by atoms with Crippen LogP contribution in [0.1, 0.15) is 5.56 Å². The zero-order valence-electron chi connectivity index (χ0n) is 13.3. The first kappa shape index (κ1) is 17.5. The van der Waals surface area contributed by atoms with Crippen molar-refractivity contribution in [3.63, 3.8) is 0 Å². The van der Waals surface area contributed by atoms with E-state index in [-0.39, 0.29) is 16.2 Å². The van der Waals surface area contributed by atoms with E-state index in [1.807, 2.05) is 0 Å². The number of aliphatic carboxylic acids is 1. The Kier molecular flexibility index (Phi) is 5.18. The quantitative estimate of drug-likeness (QED) is 0.526. The van der Waals surface area contributed by atoms with Crippen LogP contribution in [0.4, 0.5) is 4.39 Å². The third-order valence-electron chi connectivity index (χ3n) is 3.34. The summed E-state index contributed by atoms with van der Waals surface area (Å²) in [6.07, 6.45) is 1.42. The van der Waals surface area contributed by atoms with Crippen molar-refractivity contribution < 1.29 is 19.0 Å². The molecule has 1 N–H and O–H groups in total. The van der Waals surface area contributed by atoms with E-state index in [9.17, 15) is 14.3 Å². The predicted octanol–water partition coefficient (Wildman–Crippen LogP) is 1.76. The zero-order chi connectivity index (χ0) is 18.5. The Balaban J connectivity index is 1.96. The van der Waals surface area contributed by atoms with Crippen LogP contribution < -0.4 is 9.84 Å². The van der Waals surface area contributed by atoms with Crippen molar-refractivity contribution in [3.8, 4) is 17.1 Å². The number of carboxylic acid groups (broad SMARTS) is 1. The SMILES string of the molecule is O=C([O-])COc1ccccc1/C=N/n1c(-c2ccccc2F)n[nH]c1=S. The lowest BCUT2D eigenvalue weighted by atomic mass is 10.2. The van der Waals surface area contributed by atoms with Crippen LogP contribution in [0.3, 0.4) is 0 Å². The van der Waals surface area contributed by atoms with Crippen molar-refractivity contribution in [1.82, 2.24) is 14.9 Å². The number of ether oxygens (including phenoxy) is 1. The van der Waals surface area contributed by atoms with Gasteiger partial charge in [-0.2, -0.15) is 14.9 Å². The minimum atomic E-state index is -1.34. The number of rotatable bonds is 6. The molecule has 0 amide bonds. The molecule has 1 aromatic heterocycles. The van der Waals surface area contributed by atoms with Crippen LogP contribution in [-0.4, -0.2) is 33.7 Å². The molecule has 0 aliphatic carbocycles. The molecule has 1 heterocycles. The van der Waals surface area contributed by atoms with Gasteiger partial charge in [0, 0.05) is 5.56 Å². The highest BCUT2D eigenvalue weighted by Crippen LogP contribution is 2.21. The summed E-state index contributed by atoms with van der Waals surface area (Å²) < 4.78 is 20.6. The highest BCUT2D eigenvalue weighted by molar-refractivity contribution is 7.71. The lowest BCUT2D eigenvalue weighted by Crippen LogP contribution is -2.29. The van der Waals surface area contributed by atoms with Gasteiger partial charge in [0.25, 0.3) is 0 Å². The van der Waals surface area contributed by atoms with Crippen molar-refractivity contribution in [3.05, 3.63) is 64.7 Å². The molecular formula is C17H12FN4O3S-. The number of H-pyrrole nitrogens is 1. The average molecular weight is 371 g/mol. The number of halogens is 1. The van der Waals surface area contributed by atoms with Gasteiger partial charge >= 0.3 is 0 Å². The Morgan fingerprint density at radius 2 is 2.04 bits per heavy atom. The maximum atomic E-state index is 14.0. The van der Waals surface area contributed by atoms with Crippen LogP contribution in [0.2, 0.25) is 0 Å². The van der Waals surface area contributed by atoms with E-state index in [1.165, 1.54) is 17.0 Å². The number of carbonyl (C=O) groups is 1. The van der Waals surface area contributed by atoms with Crippen molar-refractivity contribution in [2.75, 3.05) is 6.61 Å². The van der Waals surface area contributed by atoms with Crippen LogP contribution in [-0.2, 0) is 4.79 Å². The molecule has 0 aliphatic heterocycles. The molecule has 0 atom stereocenters. The third kappa shape index (κ3) is 3.83. The Hall–Kier alpha value is -3.33. The molecule has 3 aromatic rings. The topological polar surface area (TPSA) is 95.3 Å². The van der Waals surface area contributed by atoms with Gasteiger partial charge in [0.1, 0.15) is 18.2 Å². The van der Waals surface area contributed by atoms with Gasteiger partial charge in [0.15, 0.2) is 5.82 Å². The van der Waals surface area contributed by atoms with Gasteiger partial charge in [-0.05, 0) is 36.5 Å². The number of carboxylic acids is 1. The molecule has 0 saturated heterocycles. The molecule has 0 saturated carbocycles. The lowest BCUT2D eigenvalue weighted by molar-refractivity contribution is -0.307. The van der Waals surface area contributed by atoms with Gasteiger partial charge in [-0.25, -0.2) is 9.49 Å². The Labute approximate surface area is 152 Å². The maximum absolute atomic E-state index is 14.0. The number of aromatic nitrogens is 3. The minimum absolute atomic E-state index is 0.174. The van der Waals surface area contributed by atoms with Crippen LogP contribution in [0.25, 0.3) is 11.4 Å². The molecule has 2 aromatic carbocycles. The summed E-state index contributed by atoms with van der Waals surface area (Å²) in [5.41, 5.74) is 0.745. The van der Waals surface area contributed by atoms with Crippen molar-refractivity contribution >= 4 is 24.4 Å². The second-order valence-electron chi connectivity index (χ2n) is 5.09. The largest absolute Gasteiger partial charge is 0.546 e. The summed E-state index contributed by atoms with van der Waals surface area (Å²) in [5, 5.41) is 21.4.